The summed E-state index contributed by atoms with van der Waals surface area (Å²) in [5.41, 5.74) is 12.4. The number of aliphatic carboxylic acids is 1. The minimum atomic E-state index is -1.29. The predicted octanol–water partition coefficient (Wildman–Crippen LogP) is -1.21. The number of imidazole rings is 1. The third kappa shape index (κ3) is 10.9. The first-order chi connectivity index (χ1) is 19.0. The van der Waals surface area contributed by atoms with Gasteiger partial charge in [0.15, 0.2) is 0 Å². The number of nitrogens with two attached hydrogens (primary N) is 2. The van der Waals surface area contributed by atoms with Crippen molar-refractivity contribution in [2.75, 3.05) is 12.0 Å². The fraction of sp³-hybridized carbons (Fsp3) is 0.440. The molecule has 14 nitrogen and oxygen atoms in total. The largest absolute Gasteiger partial charge is 0.508 e. The number of benzene rings is 1. The van der Waals surface area contributed by atoms with E-state index in [-0.39, 0.29) is 37.9 Å². The Kier molecular flexibility index (Phi) is 12.9. The number of carboxylic acids is 1. The molecule has 0 saturated carbocycles. The van der Waals surface area contributed by atoms with Gasteiger partial charge < -0.3 is 42.6 Å². The summed E-state index contributed by atoms with van der Waals surface area (Å²) >= 11 is 1.42. The van der Waals surface area contributed by atoms with Crippen LogP contribution in [-0.2, 0) is 36.8 Å². The molecule has 10 N–H and O–H groups in total. The molecule has 1 aromatic heterocycles. The van der Waals surface area contributed by atoms with Gasteiger partial charge in [0.2, 0.25) is 23.6 Å². The molecule has 0 aliphatic rings. The number of carbonyl (C=O) groups excluding carboxylic acids is 4. The molecule has 4 amide bonds. The van der Waals surface area contributed by atoms with Crippen molar-refractivity contribution < 1.29 is 34.2 Å². The predicted molar refractivity (Wildman–Crippen MR) is 147 cm³/mol. The van der Waals surface area contributed by atoms with E-state index in [1.54, 1.807) is 18.4 Å². The maximum absolute atomic E-state index is 13.2. The number of carboxylic acid groups (broad SMARTS) is 1. The van der Waals surface area contributed by atoms with Gasteiger partial charge in [-0.05, 0) is 49.0 Å². The number of thioether (sulfide) groups is 1. The van der Waals surface area contributed by atoms with Gasteiger partial charge in [0, 0.05) is 24.7 Å². The maximum atomic E-state index is 13.2. The summed E-state index contributed by atoms with van der Waals surface area (Å²) in [6.07, 6.45) is 4.49. The summed E-state index contributed by atoms with van der Waals surface area (Å²) in [6.45, 7) is 0. The number of nitrogens with one attached hydrogen (secondary N) is 4. The summed E-state index contributed by atoms with van der Waals surface area (Å²) in [6, 6.07) is 1.40. The van der Waals surface area contributed by atoms with Crippen molar-refractivity contribution in [3.8, 4) is 5.75 Å². The molecule has 0 aliphatic carbocycles. The molecule has 1 aromatic carbocycles. The lowest BCUT2D eigenvalue weighted by molar-refractivity contribution is -0.142. The van der Waals surface area contributed by atoms with E-state index >= 15 is 0 Å². The average Bonchev–Trinajstić information content (AvgIpc) is 3.42. The van der Waals surface area contributed by atoms with E-state index in [0.717, 1.165) is 0 Å². The topological polar surface area (TPSA) is 243 Å². The Morgan fingerprint density at radius 3 is 2.10 bits per heavy atom. The zero-order valence-electron chi connectivity index (χ0n) is 22.0. The third-order valence-corrected chi connectivity index (χ3v) is 6.52. The van der Waals surface area contributed by atoms with Gasteiger partial charge in [-0.25, -0.2) is 9.78 Å². The molecule has 0 radical (unpaired) electrons. The van der Waals surface area contributed by atoms with E-state index in [1.807, 2.05) is 0 Å². The van der Waals surface area contributed by atoms with Crippen molar-refractivity contribution in [1.82, 2.24) is 25.9 Å². The highest BCUT2D eigenvalue weighted by Crippen LogP contribution is 2.11. The lowest BCUT2D eigenvalue weighted by Crippen LogP contribution is -2.57. The second-order valence-electron chi connectivity index (χ2n) is 9.07. The molecule has 2 aromatic rings. The first kappa shape index (κ1) is 32.1. The molecule has 0 aliphatic heterocycles. The second kappa shape index (κ2) is 16.1. The number of hydrogen-bond acceptors (Lipinski definition) is 9. The highest BCUT2D eigenvalue weighted by atomic mass is 32.2. The lowest BCUT2D eigenvalue weighted by atomic mass is 10.0. The molecule has 15 heteroatoms. The molecule has 0 bridgehead atoms. The van der Waals surface area contributed by atoms with Gasteiger partial charge in [-0.2, -0.15) is 11.8 Å². The molecule has 0 fully saturated rings. The number of amides is 4. The number of phenolic OH excluding ortho intramolecular Hbond substituents is 1. The molecule has 4 unspecified atom stereocenters. The summed E-state index contributed by atoms with van der Waals surface area (Å²) in [7, 11) is 0. The zero-order chi connectivity index (χ0) is 29.7. The Morgan fingerprint density at radius 1 is 0.950 bits per heavy atom. The van der Waals surface area contributed by atoms with Gasteiger partial charge in [0.05, 0.1) is 12.4 Å². The third-order valence-electron chi connectivity index (χ3n) is 5.88. The number of nitrogens with zero attached hydrogens (tertiary/aromatic N) is 1. The van der Waals surface area contributed by atoms with Gasteiger partial charge in [-0.15, -0.1) is 0 Å². The van der Waals surface area contributed by atoms with E-state index in [4.69, 9.17) is 11.5 Å². The van der Waals surface area contributed by atoms with E-state index in [9.17, 15) is 34.2 Å². The van der Waals surface area contributed by atoms with Crippen molar-refractivity contribution in [3.63, 3.8) is 0 Å². The van der Waals surface area contributed by atoms with Crippen LogP contribution in [0.4, 0.5) is 0 Å². The van der Waals surface area contributed by atoms with Gasteiger partial charge in [-0.3, -0.25) is 19.2 Å². The van der Waals surface area contributed by atoms with Crippen LogP contribution < -0.4 is 27.4 Å². The second-order valence-corrected chi connectivity index (χ2v) is 10.1. The fourth-order valence-corrected chi connectivity index (χ4v) is 4.15. The van der Waals surface area contributed by atoms with Crippen LogP contribution >= 0.6 is 11.8 Å². The fourth-order valence-electron chi connectivity index (χ4n) is 3.68. The standard InChI is InChI=1S/C25H35N7O7S/c1-40-9-8-19(24(37)32-20(25(38)39)11-15-12-28-13-29-15)31-23(36)18(6-7-21(27)34)30-22(35)17(26)10-14-2-4-16(33)5-3-14/h2-5,12-13,17-20,33H,6-11,26H2,1H3,(H2,27,34)(H,28,29)(H,30,35)(H,31,36)(H,32,37)(H,38,39). The number of aromatic hydroxyl groups is 1. The Labute approximate surface area is 235 Å². The average molecular weight is 578 g/mol. The highest BCUT2D eigenvalue weighted by Gasteiger charge is 2.30. The highest BCUT2D eigenvalue weighted by molar-refractivity contribution is 7.98. The van der Waals surface area contributed by atoms with Crippen LogP contribution in [-0.4, -0.2) is 86.0 Å². The SMILES string of the molecule is CSCCC(NC(=O)C(CCC(N)=O)NC(=O)C(N)Cc1ccc(O)cc1)C(=O)NC(Cc1cnc[nH]1)C(=O)O. The molecule has 4 atom stereocenters. The van der Waals surface area contributed by atoms with Crippen molar-refractivity contribution in [1.29, 1.82) is 0 Å². The van der Waals surface area contributed by atoms with Crippen molar-refractivity contribution in [2.24, 2.45) is 11.5 Å². The van der Waals surface area contributed by atoms with E-state index < -0.39 is 53.8 Å². The van der Waals surface area contributed by atoms with Crippen LogP contribution in [0.1, 0.15) is 30.5 Å². The molecule has 2 rings (SSSR count). The Hall–Kier alpha value is -4.11. The van der Waals surface area contributed by atoms with Gasteiger partial charge in [0.1, 0.15) is 23.9 Å². The van der Waals surface area contributed by atoms with Gasteiger partial charge >= 0.3 is 5.97 Å². The minimum absolute atomic E-state index is 0.0551. The van der Waals surface area contributed by atoms with Crippen LogP contribution in [0.25, 0.3) is 0 Å². The van der Waals surface area contributed by atoms with Crippen molar-refractivity contribution in [2.45, 2.75) is 56.3 Å². The maximum Gasteiger partial charge on any atom is 0.326 e. The van der Waals surface area contributed by atoms with Gasteiger partial charge in [0.25, 0.3) is 0 Å². The van der Waals surface area contributed by atoms with Gasteiger partial charge in [-0.1, -0.05) is 12.1 Å². The van der Waals surface area contributed by atoms with Crippen molar-refractivity contribution in [3.05, 3.63) is 48.0 Å². The zero-order valence-corrected chi connectivity index (χ0v) is 22.8. The monoisotopic (exact) mass is 577 g/mol. The number of H-pyrrole nitrogens is 1. The lowest BCUT2D eigenvalue weighted by Gasteiger charge is -2.25. The van der Waals surface area contributed by atoms with E-state index in [1.165, 1.54) is 36.4 Å². The Morgan fingerprint density at radius 2 is 1.55 bits per heavy atom. The van der Waals surface area contributed by atoms with Crippen LogP contribution in [0.2, 0.25) is 0 Å². The number of rotatable bonds is 17. The molecule has 0 spiro atoms. The smallest absolute Gasteiger partial charge is 0.326 e. The first-order valence-electron chi connectivity index (χ1n) is 12.4. The van der Waals surface area contributed by atoms with Crippen LogP contribution in [0.5, 0.6) is 5.75 Å². The first-order valence-corrected chi connectivity index (χ1v) is 13.8. The molecular weight excluding hydrogens is 542 g/mol. The molecule has 0 saturated heterocycles. The summed E-state index contributed by atoms with van der Waals surface area (Å²) < 4.78 is 0. The van der Waals surface area contributed by atoms with E-state index in [2.05, 4.69) is 25.9 Å². The summed E-state index contributed by atoms with van der Waals surface area (Å²) in [4.78, 5) is 68.8. The Bertz CT molecular complexity index is 1140. The quantitative estimate of drug-likeness (QED) is 0.111. The molecule has 218 valence electrons. The number of carbonyl (C=O) groups is 5. The molecular formula is C25H35N7O7S. The Balaban J connectivity index is 2.12. The van der Waals surface area contributed by atoms with Crippen LogP contribution in [0, 0.1) is 0 Å². The normalized spacial score (nSPS) is 13.8. The summed E-state index contributed by atoms with van der Waals surface area (Å²) in [5, 5.41) is 26.5. The van der Waals surface area contributed by atoms with Crippen molar-refractivity contribution >= 4 is 41.4 Å². The number of aromatic nitrogens is 2. The number of primary amides is 1. The number of aromatic amines is 1. The van der Waals surface area contributed by atoms with Crippen LogP contribution in [0.15, 0.2) is 36.8 Å². The minimum Gasteiger partial charge on any atom is -0.508 e. The van der Waals surface area contributed by atoms with Crippen LogP contribution in [0.3, 0.4) is 0 Å². The molecule has 40 heavy (non-hydrogen) atoms. The number of phenols is 1. The van der Waals surface area contributed by atoms with E-state index in [0.29, 0.717) is 17.0 Å². The summed E-state index contributed by atoms with van der Waals surface area (Å²) in [5.74, 6) is -3.60. The molecule has 1 heterocycles. The number of hydrogen-bond donors (Lipinski definition) is 8.